The molecule has 0 aliphatic rings. The lowest BCUT2D eigenvalue weighted by Crippen LogP contribution is -2.29. The zero-order chi connectivity index (χ0) is 10.4. The lowest BCUT2D eigenvalue weighted by atomic mass is 10.1. The fourth-order valence-electron chi connectivity index (χ4n) is 0.648. The van der Waals surface area contributed by atoms with Crippen LogP contribution in [0.15, 0.2) is 37.0 Å². The molecule has 0 bridgehead atoms. The van der Waals surface area contributed by atoms with Crippen LogP contribution < -0.4 is 5.73 Å². The number of nitrogens with one attached hydrogen (secondary N) is 2. The van der Waals surface area contributed by atoms with Gasteiger partial charge in [-0.2, -0.15) is 0 Å². The van der Waals surface area contributed by atoms with Gasteiger partial charge in [0.15, 0.2) is 0 Å². The summed E-state index contributed by atoms with van der Waals surface area (Å²) in [5.74, 6) is -0.929. The van der Waals surface area contributed by atoms with Gasteiger partial charge in [-0.25, -0.2) is 0 Å². The van der Waals surface area contributed by atoms with Gasteiger partial charge in [0.25, 0.3) is 5.91 Å². The number of carbonyl (C=O) groups excluding carboxylic acids is 1. The smallest absolute Gasteiger partial charge is 0.268 e. The molecule has 0 rings (SSSR count). The molecule has 68 valence electrons. The molecule has 0 aromatic heterocycles. The third-order valence-electron chi connectivity index (χ3n) is 1.30. The van der Waals surface area contributed by atoms with Gasteiger partial charge in [-0.05, 0) is 0 Å². The summed E-state index contributed by atoms with van der Waals surface area (Å²) in [6.07, 6.45) is 4.29. The Labute approximate surface area is 76.5 Å². The van der Waals surface area contributed by atoms with Crippen molar-refractivity contribution >= 4 is 17.3 Å². The maximum absolute atomic E-state index is 10.5. The van der Waals surface area contributed by atoms with Gasteiger partial charge in [0, 0.05) is 5.57 Å². The van der Waals surface area contributed by atoms with Crippen LogP contribution in [0, 0.1) is 10.8 Å². The molecular formula is C9H11N3O. The minimum absolute atomic E-state index is 0.248. The van der Waals surface area contributed by atoms with Crippen molar-refractivity contribution in [3.8, 4) is 0 Å². The Morgan fingerprint density at radius 1 is 1.23 bits per heavy atom. The second kappa shape index (κ2) is 4.82. The van der Waals surface area contributed by atoms with E-state index in [1.807, 2.05) is 0 Å². The van der Waals surface area contributed by atoms with Crippen molar-refractivity contribution in [3.05, 3.63) is 37.0 Å². The third kappa shape index (κ3) is 2.86. The second-order valence-electron chi connectivity index (χ2n) is 2.18. The first-order chi connectivity index (χ1) is 6.04. The van der Waals surface area contributed by atoms with E-state index in [0.29, 0.717) is 5.57 Å². The van der Waals surface area contributed by atoms with Gasteiger partial charge in [-0.3, -0.25) is 15.6 Å². The van der Waals surface area contributed by atoms with Crippen LogP contribution >= 0.6 is 0 Å². The van der Waals surface area contributed by atoms with Gasteiger partial charge in [0.2, 0.25) is 0 Å². The van der Waals surface area contributed by atoms with Crippen LogP contribution in [0.4, 0.5) is 0 Å². The number of hydrogen-bond acceptors (Lipinski definition) is 3. The molecule has 0 atom stereocenters. The normalized spacial score (nSPS) is 10.3. The molecule has 1 amide bonds. The van der Waals surface area contributed by atoms with E-state index >= 15 is 0 Å². The number of primary amides is 1. The van der Waals surface area contributed by atoms with E-state index in [9.17, 15) is 4.79 Å². The predicted octanol–water partition coefficient (Wildman–Crippen LogP) is 0.810. The van der Waals surface area contributed by atoms with Crippen molar-refractivity contribution in [1.82, 2.24) is 0 Å². The van der Waals surface area contributed by atoms with Crippen molar-refractivity contribution in [1.29, 1.82) is 10.8 Å². The molecule has 0 aliphatic carbocycles. The molecule has 0 aromatic rings. The van der Waals surface area contributed by atoms with E-state index in [1.54, 1.807) is 0 Å². The Morgan fingerprint density at radius 3 is 2.08 bits per heavy atom. The number of amides is 1. The molecular weight excluding hydrogens is 166 g/mol. The Kier molecular flexibility index (Phi) is 4.09. The SMILES string of the molecule is C=C/C=C(\C=C)C(=N)C(=N)C(N)=O. The molecule has 0 heterocycles. The van der Waals surface area contributed by atoms with Gasteiger partial charge < -0.3 is 5.73 Å². The Balaban J connectivity index is 4.87. The highest BCUT2D eigenvalue weighted by molar-refractivity contribution is 6.68. The fraction of sp³-hybridized carbons (Fsp3) is 0. The van der Waals surface area contributed by atoms with Crippen LogP contribution in [0.1, 0.15) is 0 Å². The second-order valence-corrected chi connectivity index (χ2v) is 2.18. The monoisotopic (exact) mass is 177 g/mol. The van der Waals surface area contributed by atoms with Gasteiger partial charge in [0.1, 0.15) is 5.71 Å². The summed E-state index contributed by atoms with van der Waals surface area (Å²) in [5.41, 5.74) is 4.40. The fourth-order valence-corrected chi connectivity index (χ4v) is 0.648. The minimum atomic E-state index is -0.929. The van der Waals surface area contributed by atoms with Crippen molar-refractivity contribution in [3.63, 3.8) is 0 Å². The third-order valence-corrected chi connectivity index (χ3v) is 1.30. The van der Waals surface area contributed by atoms with E-state index in [0.717, 1.165) is 0 Å². The molecule has 0 fully saturated rings. The van der Waals surface area contributed by atoms with Gasteiger partial charge in [-0.15, -0.1) is 0 Å². The van der Waals surface area contributed by atoms with Crippen molar-refractivity contribution < 1.29 is 4.79 Å². The number of allylic oxidation sites excluding steroid dienone is 4. The quantitative estimate of drug-likeness (QED) is 0.421. The molecule has 4 N–H and O–H groups in total. The Bertz CT molecular complexity index is 313. The molecule has 0 aliphatic heterocycles. The first-order valence-corrected chi connectivity index (χ1v) is 3.47. The first-order valence-electron chi connectivity index (χ1n) is 3.47. The molecule has 0 radical (unpaired) electrons. The average Bonchev–Trinajstić information content (AvgIpc) is 2.11. The number of carbonyl (C=O) groups is 1. The van der Waals surface area contributed by atoms with Crippen LogP contribution in [-0.4, -0.2) is 17.3 Å². The van der Waals surface area contributed by atoms with Crippen LogP contribution in [-0.2, 0) is 4.79 Å². The molecule has 4 heteroatoms. The van der Waals surface area contributed by atoms with Crippen molar-refractivity contribution in [2.24, 2.45) is 5.73 Å². The summed E-state index contributed by atoms with van der Waals surface area (Å²) < 4.78 is 0. The van der Waals surface area contributed by atoms with Gasteiger partial charge in [-0.1, -0.05) is 31.4 Å². The highest BCUT2D eigenvalue weighted by atomic mass is 16.1. The maximum atomic E-state index is 10.5. The summed E-state index contributed by atoms with van der Waals surface area (Å²) in [5, 5.41) is 14.5. The summed E-state index contributed by atoms with van der Waals surface area (Å²) in [6, 6.07) is 0. The van der Waals surface area contributed by atoms with Crippen LogP contribution in [0.5, 0.6) is 0 Å². The van der Waals surface area contributed by atoms with Gasteiger partial charge in [0.05, 0.1) is 5.71 Å². The number of hydrogen-bond donors (Lipinski definition) is 3. The van der Waals surface area contributed by atoms with E-state index in [-0.39, 0.29) is 5.71 Å². The largest absolute Gasteiger partial charge is 0.364 e. The van der Waals surface area contributed by atoms with Gasteiger partial charge >= 0.3 is 0 Å². The maximum Gasteiger partial charge on any atom is 0.268 e. The van der Waals surface area contributed by atoms with Crippen LogP contribution in [0.2, 0.25) is 0 Å². The number of rotatable bonds is 5. The van der Waals surface area contributed by atoms with Crippen LogP contribution in [0.3, 0.4) is 0 Å². The molecule has 0 aromatic carbocycles. The highest BCUT2D eigenvalue weighted by Gasteiger charge is 2.12. The lowest BCUT2D eigenvalue weighted by Gasteiger charge is -2.01. The average molecular weight is 177 g/mol. The van der Waals surface area contributed by atoms with Crippen molar-refractivity contribution in [2.75, 3.05) is 0 Å². The standard InChI is InChI=1S/C9H11N3O/c1-3-5-6(4-2)7(10)8(11)9(12)13/h3-5,10-11H,1-2H2,(H2,12,13)/b6-5+,10-7?,11-8?. The molecule has 0 saturated heterocycles. The zero-order valence-electron chi connectivity index (χ0n) is 7.13. The molecule has 0 unspecified atom stereocenters. The van der Waals surface area contributed by atoms with E-state index < -0.39 is 11.6 Å². The van der Waals surface area contributed by atoms with E-state index in [1.165, 1.54) is 18.2 Å². The Morgan fingerprint density at radius 2 is 1.77 bits per heavy atom. The molecule has 4 nitrogen and oxygen atoms in total. The summed E-state index contributed by atoms with van der Waals surface area (Å²) in [4.78, 5) is 10.5. The molecule has 0 saturated carbocycles. The summed E-state index contributed by atoms with van der Waals surface area (Å²) >= 11 is 0. The first kappa shape index (κ1) is 11.0. The minimum Gasteiger partial charge on any atom is -0.364 e. The number of nitrogens with two attached hydrogens (primary N) is 1. The molecule has 0 spiro atoms. The summed E-state index contributed by atoms with van der Waals surface area (Å²) in [7, 11) is 0. The van der Waals surface area contributed by atoms with E-state index in [4.69, 9.17) is 16.6 Å². The predicted molar refractivity (Wildman–Crippen MR) is 53.1 cm³/mol. The highest BCUT2D eigenvalue weighted by Crippen LogP contribution is 1.99. The topological polar surface area (TPSA) is 90.8 Å². The molecule has 13 heavy (non-hydrogen) atoms. The van der Waals surface area contributed by atoms with Crippen molar-refractivity contribution in [2.45, 2.75) is 0 Å². The Hall–Kier alpha value is -1.97. The van der Waals surface area contributed by atoms with E-state index in [2.05, 4.69) is 13.2 Å². The van der Waals surface area contributed by atoms with Crippen LogP contribution in [0.25, 0.3) is 0 Å². The lowest BCUT2D eigenvalue weighted by molar-refractivity contribution is -0.111. The zero-order valence-corrected chi connectivity index (χ0v) is 7.13. The summed E-state index contributed by atoms with van der Waals surface area (Å²) in [6.45, 7) is 6.86.